The fraction of sp³-hybridized carbons (Fsp3) is 0.621. The largest absolute Gasteiger partial charge is 0.484 e. The highest BCUT2D eigenvalue weighted by molar-refractivity contribution is 5.95. The summed E-state index contributed by atoms with van der Waals surface area (Å²) >= 11 is 0. The van der Waals surface area contributed by atoms with E-state index in [0.717, 1.165) is 9.80 Å². The van der Waals surface area contributed by atoms with Crippen LogP contribution in [0.5, 0.6) is 5.75 Å². The number of benzene rings is 1. The van der Waals surface area contributed by atoms with Crippen molar-refractivity contribution >= 4 is 29.6 Å². The lowest BCUT2D eigenvalue weighted by Crippen LogP contribution is -2.54. The molecule has 1 saturated heterocycles. The molecule has 1 unspecified atom stereocenters. The van der Waals surface area contributed by atoms with Crippen LogP contribution in [-0.2, 0) is 19.2 Å². The SMILES string of the molecule is C[C@H](NC(CCCCNC(=O)COc1ccc(C2=[N+](O)C(C)(C)C(C)(C)N2O)cc1)C(=O)O)C(=O)N1CCC[C@H]1C(=O)O. The van der Waals surface area contributed by atoms with Crippen LogP contribution < -0.4 is 15.4 Å². The highest BCUT2D eigenvalue weighted by Crippen LogP contribution is 2.36. The Morgan fingerprint density at radius 3 is 2.30 bits per heavy atom. The number of ether oxygens (including phenoxy) is 1. The van der Waals surface area contributed by atoms with Crippen molar-refractivity contribution in [2.45, 2.75) is 95.9 Å². The molecule has 14 heteroatoms. The first kappa shape index (κ1) is 33.6. The molecule has 0 bridgehead atoms. The second kappa shape index (κ2) is 13.6. The number of nitrogens with zero attached hydrogens (tertiary/aromatic N) is 3. The maximum atomic E-state index is 12.7. The summed E-state index contributed by atoms with van der Waals surface area (Å²) in [5.74, 6) is -2.31. The molecule has 0 saturated carbocycles. The molecule has 0 radical (unpaired) electrons. The maximum absolute atomic E-state index is 12.7. The first-order chi connectivity index (χ1) is 20.1. The van der Waals surface area contributed by atoms with Crippen molar-refractivity contribution in [2.24, 2.45) is 0 Å². The summed E-state index contributed by atoms with van der Waals surface area (Å²) in [6.07, 6.45) is 2.15. The molecule has 1 aromatic carbocycles. The van der Waals surface area contributed by atoms with Crippen molar-refractivity contribution in [3.8, 4) is 5.75 Å². The zero-order valence-electron chi connectivity index (χ0n) is 25.4. The standard InChI is InChI=1S/C29H43N5O9/c1-18(25(36)32-16-8-10-22(32)27(39)40)31-21(26(37)38)9-6-7-15-30-23(35)17-43-20-13-11-19(12-14-20)24-33(41)28(2,3)29(4,5)34(24)42/h11-14,18,21-22,31H,6-10,15-17H2,1-5H3,(H4-,30,35,37,38,39,40,41,42)/p+1/t18-,21?,22-/m0/s1. The van der Waals surface area contributed by atoms with Gasteiger partial charge in [-0.05, 0) is 91.0 Å². The van der Waals surface area contributed by atoms with Crippen LogP contribution in [0.2, 0.25) is 0 Å². The first-order valence-corrected chi connectivity index (χ1v) is 14.5. The highest BCUT2D eigenvalue weighted by Gasteiger charge is 2.62. The molecule has 14 nitrogen and oxygen atoms in total. The van der Waals surface area contributed by atoms with Gasteiger partial charge in [0.1, 0.15) is 17.8 Å². The van der Waals surface area contributed by atoms with Crippen LogP contribution in [-0.4, -0.2) is 114 Å². The second-order valence-electron chi connectivity index (χ2n) is 12.0. The Balaban J connectivity index is 1.39. The molecule has 3 rings (SSSR count). The van der Waals surface area contributed by atoms with E-state index in [2.05, 4.69) is 10.6 Å². The third kappa shape index (κ3) is 7.36. The molecular formula is C29H44N5O9+. The van der Waals surface area contributed by atoms with Gasteiger partial charge in [0.25, 0.3) is 5.91 Å². The lowest BCUT2D eigenvalue weighted by molar-refractivity contribution is -0.820. The van der Waals surface area contributed by atoms with Crippen LogP contribution in [0, 0.1) is 0 Å². The van der Waals surface area contributed by atoms with Crippen LogP contribution in [0.1, 0.15) is 72.3 Å². The number of aliphatic carboxylic acids is 2. The molecule has 0 aliphatic carbocycles. The van der Waals surface area contributed by atoms with Crippen LogP contribution in [0.3, 0.4) is 0 Å². The van der Waals surface area contributed by atoms with Gasteiger partial charge in [-0.3, -0.25) is 19.7 Å². The predicted molar refractivity (Wildman–Crippen MR) is 153 cm³/mol. The Morgan fingerprint density at radius 2 is 1.74 bits per heavy atom. The number of hydroxylamine groups is 3. The summed E-state index contributed by atoms with van der Waals surface area (Å²) in [6.45, 7) is 9.20. The average Bonchev–Trinajstić information content (AvgIpc) is 3.49. The summed E-state index contributed by atoms with van der Waals surface area (Å²) in [4.78, 5) is 49.3. The van der Waals surface area contributed by atoms with Gasteiger partial charge in [-0.1, -0.05) is 4.74 Å². The van der Waals surface area contributed by atoms with Crippen LogP contribution in [0.25, 0.3) is 0 Å². The number of hydrogen-bond acceptors (Lipinski definition) is 9. The number of likely N-dealkylation sites (tertiary alicyclic amines) is 1. The number of carbonyl (C=O) groups excluding carboxylic acids is 2. The molecule has 0 aromatic heterocycles. The first-order valence-electron chi connectivity index (χ1n) is 14.5. The molecule has 2 amide bonds. The van der Waals surface area contributed by atoms with E-state index in [1.54, 1.807) is 24.3 Å². The zero-order valence-corrected chi connectivity index (χ0v) is 25.4. The Morgan fingerprint density at radius 1 is 1.09 bits per heavy atom. The van der Waals surface area contributed by atoms with Gasteiger partial charge in [0.2, 0.25) is 5.91 Å². The fourth-order valence-electron chi connectivity index (χ4n) is 5.17. The summed E-state index contributed by atoms with van der Waals surface area (Å²) in [7, 11) is 0. The fourth-order valence-corrected chi connectivity index (χ4v) is 5.17. The Bertz CT molecular complexity index is 1230. The third-order valence-electron chi connectivity index (χ3n) is 8.62. The van der Waals surface area contributed by atoms with Crippen molar-refractivity contribution in [2.75, 3.05) is 19.7 Å². The molecule has 1 fully saturated rings. The number of amides is 2. The van der Waals surface area contributed by atoms with E-state index in [-0.39, 0.29) is 24.8 Å². The number of amidine groups is 1. The zero-order chi connectivity index (χ0) is 32.1. The van der Waals surface area contributed by atoms with Crippen molar-refractivity contribution in [3.05, 3.63) is 29.8 Å². The Kier molecular flexibility index (Phi) is 10.6. The number of carboxylic acids is 2. The topological polar surface area (TPSA) is 192 Å². The van der Waals surface area contributed by atoms with Gasteiger partial charge in [-0.15, -0.1) is 5.06 Å². The molecule has 2 aliphatic rings. The number of hydrogen-bond donors (Lipinski definition) is 6. The molecule has 2 aliphatic heterocycles. The molecule has 0 spiro atoms. The van der Waals surface area contributed by atoms with Crippen LogP contribution in [0.15, 0.2) is 24.3 Å². The van der Waals surface area contributed by atoms with Gasteiger partial charge in [0, 0.05) is 13.1 Å². The quantitative estimate of drug-likeness (QED) is 0.102. The number of carboxylic acid groups (broad SMARTS) is 2. The third-order valence-corrected chi connectivity index (χ3v) is 8.62. The molecule has 6 N–H and O–H groups in total. The van der Waals surface area contributed by atoms with Gasteiger partial charge < -0.3 is 30.4 Å². The predicted octanol–water partition coefficient (Wildman–Crippen LogP) is 1.27. The summed E-state index contributed by atoms with van der Waals surface area (Å²) < 4.78 is 6.58. The van der Waals surface area contributed by atoms with Gasteiger partial charge in [0.05, 0.1) is 11.6 Å². The number of unbranched alkanes of at least 4 members (excludes halogenated alkanes) is 1. The van der Waals surface area contributed by atoms with Crippen LogP contribution >= 0.6 is 0 Å². The average molecular weight is 607 g/mol. The van der Waals surface area contributed by atoms with Crippen molar-refractivity contribution < 1.29 is 49.3 Å². The van der Waals surface area contributed by atoms with Gasteiger partial charge in [-0.2, -0.15) is 0 Å². The number of rotatable bonds is 14. The van der Waals surface area contributed by atoms with E-state index in [1.165, 1.54) is 11.8 Å². The van der Waals surface area contributed by atoms with E-state index in [0.29, 0.717) is 50.1 Å². The van der Waals surface area contributed by atoms with Crippen LogP contribution in [0.4, 0.5) is 0 Å². The molecule has 3 atom stereocenters. The van der Waals surface area contributed by atoms with Crippen molar-refractivity contribution in [3.63, 3.8) is 0 Å². The van der Waals surface area contributed by atoms with Gasteiger partial charge in [-0.25, -0.2) is 10.0 Å². The highest BCUT2D eigenvalue weighted by atomic mass is 16.5. The summed E-state index contributed by atoms with van der Waals surface area (Å²) in [6, 6.07) is 3.86. The van der Waals surface area contributed by atoms with E-state index < -0.39 is 47.0 Å². The molecule has 2 heterocycles. The van der Waals surface area contributed by atoms with Crippen molar-refractivity contribution in [1.29, 1.82) is 0 Å². The smallest absolute Gasteiger partial charge is 0.349 e. The van der Waals surface area contributed by atoms with Crippen molar-refractivity contribution in [1.82, 2.24) is 20.6 Å². The maximum Gasteiger partial charge on any atom is 0.349 e. The van der Waals surface area contributed by atoms with Gasteiger partial charge >= 0.3 is 17.8 Å². The molecular weight excluding hydrogens is 562 g/mol. The van der Waals surface area contributed by atoms with E-state index in [1.807, 2.05) is 27.7 Å². The molecule has 43 heavy (non-hydrogen) atoms. The van der Waals surface area contributed by atoms with E-state index in [4.69, 9.17) is 4.74 Å². The minimum atomic E-state index is -1.11. The number of nitrogens with one attached hydrogen (secondary N) is 2. The minimum Gasteiger partial charge on any atom is -0.484 e. The summed E-state index contributed by atoms with van der Waals surface area (Å²) in [5, 5.41) is 46.8. The monoisotopic (exact) mass is 606 g/mol. The van der Waals surface area contributed by atoms with E-state index in [9.17, 15) is 39.8 Å². The number of carbonyl (C=O) groups is 4. The molecule has 1 aromatic rings. The summed E-state index contributed by atoms with van der Waals surface area (Å²) in [5.41, 5.74) is -0.949. The Labute approximate surface area is 250 Å². The van der Waals surface area contributed by atoms with Gasteiger partial charge in [0.15, 0.2) is 17.7 Å². The molecule has 238 valence electrons. The minimum absolute atomic E-state index is 0.220. The Hall–Kier alpha value is -3.91. The normalized spacial score (nSPS) is 20.6. The lowest BCUT2D eigenvalue weighted by Gasteiger charge is -2.29. The second-order valence-corrected chi connectivity index (χ2v) is 12.0. The van der Waals surface area contributed by atoms with E-state index >= 15 is 0 Å². The lowest BCUT2D eigenvalue weighted by atomic mass is 9.84.